The van der Waals surface area contributed by atoms with Crippen molar-refractivity contribution < 1.29 is 8.78 Å². The van der Waals surface area contributed by atoms with E-state index in [4.69, 9.17) is 17.3 Å². The van der Waals surface area contributed by atoms with Crippen molar-refractivity contribution in [3.05, 3.63) is 28.5 Å². The predicted octanol–water partition coefficient (Wildman–Crippen LogP) is 2.67. The molecule has 2 rings (SSSR count). The van der Waals surface area contributed by atoms with E-state index in [9.17, 15) is 8.78 Å². The lowest BCUT2D eigenvalue weighted by Gasteiger charge is -2.47. The summed E-state index contributed by atoms with van der Waals surface area (Å²) in [4.78, 5) is 4.01. The van der Waals surface area contributed by atoms with Crippen molar-refractivity contribution in [3.8, 4) is 0 Å². The quantitative estimate of drug-likeness (QED) is 0.815. The van der Waals surface area contributed by atoms with E-state index < -0.39 is 11.3 Å². The Labute approximate surface area is 97.8 Å². The highest BCUT2D eigenvalue weighted by molar-refractivity contribution is 6.29. The van der Waals surface area contributed by atoms with E-state index in [1.165, 1.54) is 0 Å². The molecule has 0 amide bonds. The molecule has 1 aromatic heterocycles. The smallest absolute Gasteiger partial charge is 0.250 e. The van der Waals surface area contributed by atoms with Gasteiger partial charge >= 0.3 is 0 Å². The topological polar surface area (TPSA) is 38.9 Å². The van der Waals surface area contributed by atoms with Crippen LogP contribution in [0.4, 0.5) is 8.78 Å². The summed E-state index contributed by atoms with van der Waals surface area (Å²) in [5, 5.41) is 0.332. The normalized spacial score (nSPS) is 21.6. The van der Waals surface area contributed by atoms with Gasteiger partial charge in [-0.05, 0) is 24.6 Å². The Morgan fingerprint density at radius 1 is 1.44 bits per heavy atom. The van der Waals surface area contributed by atoms with Gasteiger partial charge in [0.05, 0.1) is 0 Å². The van der Waals surface area contributed by atoms with Gasteiger partial charge in [0.1, 0.15) is 5.15 Å². The molecule has 0 saturated heterocycles. The predicted molar refractivity (Wildman–Crippen MR) is 58.9 cm³/mol. The van der Waals surface area contributed by atoms with E-state index in [-0.39, 0.29) is 19.4 Å². The summed E-state index contributed by atoms with van der Waals surface area (Å²) in [6.45, 7) is 2.00. The number of hydrogen-bond acceptors (Lipinski definition) is 2. The second kappa shape index (κ2) is 3.64. The number of alkyl halides is 2. The summed E-state index contributed by atoms with van der Waals surface area (Å²) < 4.78 is 26.0. The summed E-state index contributed by atoms with van der Waals surface area (Å²) >= 11 is 5.83. The van der Waals surface area contributed by atoms with E-state index in [1.54, 1.807) is 19.1 Å². The van der Waals surface area contributed by atoms with Crippen molar-refractivity contribution >= 4 is 11.6 Å². The zero-order chi connectivity index (χ0) is 12.0. The fourth-order valence-corrected chi connectivity index (χ4v) is 2.59. The third kappa shape index (κ3) is 1.92. The first-order valence-corrected chi connectivity index (χ1v) is 5.47. The number of aryl methyl sites for hydroxylation is 1. The standard InChI is InChI=1S/C11H13ClF2N2/c1-7-2-8(3-9(12)16-7)10(6-15)4-11(13,14)5-10/h2-3H,4-6,15H2,1H3. The van der Waals surface area contributed by atoms with Crippen LogP contribution in [0.1, 0.15) is 24.1 Å². The molecular formula is C11H13ClF2N2. The van der Waals surface area contributed by atoms with Gasteiger partial charge in [0.2, 0.25) is 5.92 Å². The van der Waals surface area contributed by atoms with Crippen molar-refractivity contribution in [2.24, 2.45) is 5.73 Å². The van der Waals surface area contributed by atoms with E-state index in [1.807, 2.05) is 0 Å². The lowest BCUT2D eigenvalue weighted by atomic mass is 9.62. The van der Waals surface area contributed by atoms with Crippen LogP contribution < -0.4 is 5.73 Å². The average Bonchev–Trinajstić information content (AvgIpc) is 2.11. The SMILES string of the molecule is Cc1cc(C2(CN)CC(F)(F)C2)cc(Cl)n1. The number of rotatable bonds is 2. The van der Waals surface area contributed by atoms with Crippen molar-refractivity contribution in [1.29, 1.82) is 0 Å². The third-order valence-electron chi connectivity index (χ3n) is 3.12. The van der Waals surface area contributed by atoms with E-state index in [0.717, 1.165) is 11.3 Å². The molecule has 1 aromatic rings. The van der Waals surface area contributed by atoms with Crippen molar-refractivity contribution in [2.45, 2.75) is 31.1 Å². The largest absolute Gasteiger partial charge is 0.330 e. The Morgan fingerprint density at radius 2 is 2.06 bits per heavy atom. The summed E-state index contributed by atoms with van der Waals surface area (Å²) in [6.07, 6.45) is -0.396. The number of pyridine rings is 1. The van der Waals surface area contributed by atoms with E-state index in [0.29, 0.717) is 5.15 Å². The first kappa shape index (κ1) is 11.7. The number of aromatic nitrogens is 1. The van der Waals surface area contributed by atoms with Crippen LogP contribution in [0.15, 0.2) is 12.1 Å². The second-order valence-corrected chi connectivity index (χ2v) is 4.90. The van der Waals surface area contributed by atoms with Gasteiger partial charge < -0.3 is 5.73 Å². The van der Waals surface area contributed by atoms with Crippen LogP contribution in [0.5, 0.6) is 0 Å². The molecule has 1 fully saturated rings. The minimum absolute atomic E-state index is 0.198. The number of halogens is 3. The first-order valence-electron chi connectivity index (χ1n) is 5.09. The first-order chi connectivity index (χ1) is 7.37. The van der Waals surface area contributed by atoms with Crippen LogP contribution in [0.3, 0.4) is 0 Å². The molecule has 1 aliphatic rings. The molecule has 16 heavy (non-hydrogen) atoms. The molecule has 0 aliphatic heterocycles. The summed E-state index contributed by atoms with van der Waals surface area (Å²) in [5.41, 5.74) is 6.50. The Balaban J connectivity index is 2.35. The van der Waals surface area contributed by atoms with Gasteiger partial charge in [-0.2, -0.15) is 0 Å². The lowest BCUT2D eigenvalue weighted by molar-refractivity contribution is -0.123. The van der Waals surface area contributed by atoms with Crippen LogP contribution in [0.2, 0.25) is 5.15 Å². The van der Waals surface area contributed by atoms with Crippen molar-refractivity contribution in [2.75, 3.05) is 6.54 Å². The van der Waals surface area contributed by atoms with Gasteiger partial charge in [0.25, 0.3) is 0 Å². The molecule has 0 atom stereocenters. The van der Waals surface area contributed by atoms with Crippen LogP contribution in [0.25, 0.3) is 0 Å². The maximum atomic E-state index is 13.0. The van der Waals surface area contributed by atoms with Gasteiger partial charge in [0, 0.05) is 30.5 Å². The lowest BCUT2D eigenvalue weighted by Crippen LogP contribution is -2.53. The van der Waals surface area contributed by atoms with Crippen molar-refractivity contribution in [1.82, 2.24) is 4.98 Å². The molecule has 0 bridgehead atoms. The highest BCUT2D eigenvalue weighted by Gasteiger charge is 2.56. The molecule has 0 unspecified atom stereocenters. The second-order valence-electron chi connectivity index (χ2n) is 4.51. The molecule has 5 heteroatoms. The molecule has 88 valence electrons. The zero-order valence-electron chi connectivity index (χ0n) is 8.93. The Morgan fingerprint density at radius 3 is 2.50 bits per heavy atom. The van der Waals surface area contributed by atoms with Gasteiger partial charge in [-0.3, -0.25) is 0 Å². The van der Waals surface area contributed by atoms with E-state index in [2.05, 4.69) is 4.98 Å². The zero-order valence-corrected chi connectivity index (χ0v) is 9.69. The molecule has 2 nitrogen and oxygen atoms in total. The minimum atomic E-state index is -2.59. The summed E-state index contributed by atoms with van der Waals surface area (Å²) in [7, 11) is 0. The maximum Gasteiger partial charge on any atom is 0.250 e. The Bertz CT molecular complexity index is 392. The highest BCUT2D eigenvalue weighted by Crippen LogP contribution is 2.53. The van der Waals surface area contributed by atoms with Crippen LogP contribution in [-0.2, 0) is 5.41 Å². The fourth-order valence-electron chi connectivity index (χ4n) is 2.34. The number of nitrogens with two attached hydrogens (primary N) is 1. The Hall–Kier alpha value is -0.740. The van der Waals surface area contributed by atoms with Gasteiger partial charge in [-0.15, -0.1) is 0 Å². The summed E-state index contributed by atoms with van der Waals surface area (Å²) in [5.74, 6) is -2.59. The van der Waals surface area contributed by atoms with Gasteiger partial charge in [-0.1, -0.05) is 11.6 Å². The fraction of sp³-hybridized carbons (Fsp3) is 0.545. The summed E-state index contributed by atoms with van der Waals surface area (Å²) in [6, 6.07) is 3.42. The van der Waals surface area contributed by atoms with Crippen LogP contribution in [0, 0.1) is 6.92 Å². The minimum Gasteiger partial charge on any atom is -0.330 e. The Kier molecular flexibility index (Phi) is 2.67. The molecule has 0 radical (unpaired) electrons. The third-order valence-corrected chi connectivity index (χ3v) is 3.31. The molecule has 2 N–H and O–H groups in total. The molecule has 1 heterocycles. The monoisotopic (exact) mass is 246 g/mol. The molecule has 0 aromatic carbocycles. The molecule has 1 saturated carbocycles. The maximum absolute atomic E-state index is 13.0. The molecule has 0 spiro atoms. The average molecular weight is 247 g/mol. The van der Waals surface area contributed by atoms with Crippen LogP contribution >= 0.6 is 11.6 Å². The highest BCUT2D eigenvalue weighted by atomic mass is 35.5. The molecular weight excluding hydrogens is 234 g/mol. The van der Waals surface area contributed by atoms with E-state index >= 15 is 0 Å². The molecule has 1 aliphatic carbocycles. The number of nitrogens with zero attached hydrogens (tertiary/aromatic N) is 1. The van der Waals surface area contributed by atoms with Gasteiger partial charge in [0.15, 0.2) is 0 Å². The number of hydrogen-bond donors (Lipinski definition) is 1. The van der Waals surface area contributed by atoms with Crippen LogP contribution in [-0.4, -0.2) is 17.5 Å². The van der Waals surface area contributed by atoms with Crippen molar-refractivity contribution in [3.63, 3.8) is 0 Å². The van der Waals surface area contributed by atoms with Gasteiger partial charge in [-0.25, -0.2) is 13.8 Å².